The lowest BCUT2D eigenvalue weighted by Crippen LogP contribution is -2.36. The Morgan fingerprint density at radius 2 is 1.73 bits per heavy atom. The first-order valence-electron chi connectivity index (χ1n) is 8.35. The third-order valence-electron chi connectivity index (χ3n) is 4.26. The van der Waals surface area contributed by atoms with Gasteiger partial charge in [0.25, 0.3) is 0 Å². The predicted molar refractivity (Wildman–Crippen MR) is 88.5 cm³/mol. The van der Waals surface area contributed by atoms with E-state index in [-0.39, 0.29) is 6.10 Å². The monoisotopic (exact) mass is 307 g/mol. The summed E-state index contributed by atoms with van der Waals surface area (Å²) in [6.07, 6.45) is 3.88. The maximum absolute atomic E-state index is 9.46. The molecular formula is C18H29NO3. The number of hydrogen-bond acceptors (Lipinski definition) is 4. The van der Waals surface area contributed by atoms with E-state index in [2.05, 4.69) is 31.3 Å². The molecule has 0 heterocycles. The highest BCUT2D eigenvalue weighted by Gasteiger charge is 2.18. The lowest BCUT2D eigenvalue weighted by Gasteiger charge is -2.26. The van der Waals surface area contributed by atoms with Crippen molar-refractivity contribution < 1.29 is 14.6 Å². The van der Waals surface area contributed by atoms with Gasteiger partial charge >= 0.3 is 0 Å². The van der Waals surface area contributed by atoms with Gasteiger partial charge in [0.05, 0.1) is 19.3 Å². The minimum Gasteiger partial charge on any atom is -0.491 e. The molecule has 0 radical (unpaired) electrons. The Kier molecular flexibility index (Phi) is 7.16. The number of para-hydroxylation sites is 1. The van der Waals surface area contributed by atoms with Crippen molar-refractivity contribution in [1.29, 1.82) is 0 Å². The summed E-state index contributed by atoms with van der Waals surface area (Å²) in [7, 11) is 0. The molecule has 1 fully saturated rings. The van der Waals surface area contributed by atoms with Crippen LogP contribution in [0.4, 0.5) is 0 Å². The van der Waals surface area contributed by atoms with Crippen LogP contribution in [0.3, 0.4) is 0 Å². The normalized spacial score (nSPS) is 21.8. The zero-order valence-corrected chi connectivity index (χ0v) is 13.8. The highest BCUT2D eigenvalue weighted by Crippen LogP contribution is 2.22. The fourth-order valence-electron chi connectivity index (χ4n) is 2.95. The van der Waals surface area contributed by atoms with Crippen LogP contribution in [-0.4, -0.2) is 43.6 Å². The van der Waals surface area contributed by atoms with E-state index in [1.54, 1.807) is 0 Å². The maximum Gasteiger partial charge on any atom is 0.125 e. The van der Waals surface area contributed by atoms with Crippen LogP contribution >= 0.6 is 0 Å². The molecule has 124 valence electrons. The molecule has 1 aromatic rings. The average Bonchev–Trinajstić information content (AvgIpc) is 2.50. The van der Waals surface area contributed by atoms with Gasteiger partial charge in [0.1, 0.15) is 12.4 Å². The van der Waals surface area contributed by atoms with Gasteiger partial charge < -0.3 is 19.9 Å². The summed E-state index contributed by atoms with van der Waals surface area (Å²) in [5, 5.41) is 13.0. The fraction of sp³-hybridized carbons (Fsp3) is 0.667. The SMILES string of the molecule is Cc1cccc(C)c1OCCOCCNC1CCC(O)CC1. The molecule has 1 aliphatic carbocycles. The van der Waals surface area contributed by atoms with E-state index in [9.17, 15) is 5.11 Å². The summed E-state index contributed by atoms with van der Waals surface area (Å²) < 4.78 is 11.4. The number of hydrogen-bond donors (Lipinski definition) is 2. The van der Waals surface area contributed by atoms with Crippen LogP contribution in [0.2, 0.25) is 0 Å². The lowest BCUT2D eigenvalue weighted by atomic mass is 9.93. The molecule has 1 aliphatic rings. The minimum atomic E-state index is -0.0867. The molecular weight excluding hydrogens is 278 g/mol. The standard InChI is InChI=1S/C18H29NO3/c1-14-4-3-5-15(2)18(14)22-13-12-21-11-10-19-16-6-8-17(20)9-7-16/h3-5,16-17,19-20H,6-13H2,1-2H3. The summed E-state index contributed by atoms with van der Waals surface area (Å²) in [5.74, 6) is 0.977. The molecule has 2 N–H and O–H groups in total. The summed E-state index contributed by atoms with van der Waals surface area (Å²) in [6.45, 7) is 6.89. The van der Waals surface area contributed by atoms with Gasteiger partial charge in [-0.15, -0.1) is 0 Å². The summed E-state index contributed by atoms with van der Waals surface area (Å²) in [5.41, 5.74) is 2.34. The quantitative estimate of drug-likeness (QED) is 0.725. The molecule has 2 rings (SSSR count). The Bertz CT molecular complexity index is 422. The lowest BCUT2D eigenvalue weighted by molar-refractivity contribution is 0.0920. The van der Waals surface area contributed by atoms with Crippen LogP contribution in [0.15, 0.2) is 18.2 Å². The zero-order valence-electron chi connectivity index (χ0n) is 13.8. The largest absolute Gasteiger partial charge is 0.491 e. The molecule has 0 amide bonds. The fourth-order valence-corrected chi connectivity index (χ4v) is 2.95. The number of aryl methyl sites for hydroxylation is 2. The number of aliphatic hydroxyl groups is 1. The van der Waals surface area contributed by atoms with Gasteiger partial charge in [0.2, 0.25) is 0 Å². The van der Waals surface area contributed by atoms with Crippen molar-refractivity contribution in [2.75, 3.05) is 26.4 Å². The predicted octanol–water partition coefficient (Wildman–Crippen LogP) is 2.59. The number of benzene rings is 1. The minimum absolute atomic E-state index is 0.0867. The topological polar surface area (TPSA) is 50.7 Å². The molecule has 4 heteroatoms. The second-order valence-corrected chi connectivity index (χ2v) is 6.14. The number of nitrogens with one attached hydrogen (secondary N) is 1. The maximum atomic E-state index is 9.46. The molecule has 4 nitrogen and oxygen atoms in total. The Labute approximate surface area is 133 Å². The summed E-state index contributed by atoms with van der Waals surface area (Å²) in [4.78, 5) is 0. The van der Waals surface area contributed by atoms with Crippen LogP contribution in [-0.2, 0) is 4.74 Å². The van der Waals surface area contributed by atoms with Crippen LogP contribution in [0, 0.1) is 13.8 Å². The zero-order chi connectivity index (χ0) is 15.8. The Balaban J connectivity index is 1.51. The van der Waals surface area contributed by atoms with Gasteiger partial charge in [-0.2, -0.15) is 0 Å². The number of rotatable bonds is 8. The highest BCUT2D eigenvalue weighted by atomic mass is 16.5. The van der Waals surface area contributed by atoms with Gasteiger partial charge in [0.15, 0.2) is 0 Å². The van der Waals surface area contributed by atoms with Crippen molar-refractivity contribution in [3.63, 3.8) is 0 Å². The molecule has 0 aliphatic heterocycles. The molecule has 0 spiro atoms. The number of aliphatic hydroxyl groups excluding tert-OH is 1. The molecule has 0 atom stereocenters. The van der Waals surface area contributed by atoms with E-state index in [4.69, 9.17) is 9.47 Å². The highest BCUT2D eigenvalue weighted by molar-refractivity contribution is 5.39. The molecule has 0 unspecified atom stereocenters. The van der Waals surface area contributed by atoms with Crippen LogP contribution in [0.25, 0.3) is 0 Å². The van der Waals surface area contributed by atoms with Crippen molar-refractivity contribution in [2.24, 2.45) is 0 Å². The van der Waals surface area contributed by atoms with Crippen LogP contribution in [0.1, 0.15) is 36.8 Å². The summed E-state index contributed by atoms with van der Waals surface area (Å²) in [6, 6.07) is 6.71. The van der Waals surface area contributed by atoms with E-state index in [1.807, 2.05) is 6.07 Å². The first kappa shape index (κ1) is 17.3. The molecule has 0 bridgehead atoms. The molecule has 1 saturated carbocycles. The van der Waals surface area contributed by atoms with Crippen molar-refractivity contribution in [1.82, 2.24) is 5.32 Å². The van der Waals surface area contributed by atoms with Crippen molar-refractivity contribution in [3.8, 4) is 5.75 Å². The van der Waals surface area contributed by atoms with E-state index in [0.717, 1.165) is 38.0 Å². The molecule has 0 saturated heterocycles. The van der Waals surface area contributed by atoms with Gasteiger partial charge in [-0.1, -0.05) is 18.2 Å². The van der Waals surface area contributed by atoms with Gasteiger partial charge in [-0.25, -0.2) is 0 Å². The van der Waals surface area contributed by atoms with Gasteiger partial charge in [-0.3, -0.25) is 0 Å². The number of ether oxygens (including phenoxy) is 2. The van der Waals surface area contributed by atoms with Crippen molar-refractivity contribution >= 4 is 0 Å². The first-order valence-corrected chi connectivity index (χ1v) is 8.35. The van der Waals surface area contributed by atoms with Crippen molar-refractivity contribution in [3.05, 3.63) is 29.3 Å². The third-order valence-corrected chi connectivity index (χ3v) is 4.26. The Hall–Kier alpha value is -1.10. The van der Waals surface area contributed by atoms with Crippen molar-refractivity contribution in [2.45, 2.75) is 51.7 Å². The smallest absolute Gasteiger partial charge is 0.125 e. The second kappa shape index (κ2) is 9.13. The van der Waals surface area contributed by atoms with E-state index in [1.165, 1.54) is 11.1 Å². The third kappa shape index (κ3) is 5.59. The van der Waals surface area contributed by atoms with Crippen LogP contribution in [0.5, 0.6) is 5.75 Å². The Morgan fingerprint density at radius 1 is 1.05 bits per heavy atom. The Morgan fingerprint density at radius 3 is 2.41 bits per heavy atom. The average molecular weight is 307 g/mol. The second-order valence-electron chi connectivity index (χ2n) is 6.14. The first-order chi connectivity index (χ1) is 10.7. The van der Waals surface area contributed by atoms with E-state index < -0.39 is 0 Å². The summed E-state index contributed by atoms with van der Waals surface area (Å²) >= 11 is 0. The van der Waals surface area contributed by atoms with E-state index >= 15 is 0 Å². The molecule has 22 heavy (non-hydrogen) atoms. The van der Waals surface area contributed by atoms with Gasteiger partial charge in [-0.05, 0) is 50.7 Å². The van der Waals surface area contributed by atoms with E-state index in [0.29, 0.717) is 25.9 Å². The van der Waals surface area contributed by atoms with Crippen LogP contribution < -0.4 is 10.1 Å². The molecule has 1 aromatic carbocycles. The van der Waals surface area contributed by atoms with Gasteiger partial charge in [0, 0.05) is 12.6 Å². The molecule has 0 aromatic heterocycles.